The third kappa shape index (κ3) is 5.48. The van der Waals surface area contributed by atoms with E-state index >= 15 is 0 Å². The largest absolute Gasteiger partial charge is 0.309 e. The van der Waals surface area contributed by atoms with Crippen molar-refractivity contribution in [2.75, 3.05) is 9.80 Å². The molecule has 0 radical (unpaired) electrons. The van der Waals surface area contributed by atoms with Crippen LogP contribution in [0.3, 0.4) is 0 Å². The summed E-state index contributed by atoms with van der Waals surface area (Å²) in [5.41, 5.74) is 9.73. The van der Waals surface area contributed by atoms with E-state index in [4.69, 9.17) is 0 Å². The molecule has 0 N–H and O–H groups in total. The molecular weight excluding hydrogens is 657 g/mol. The molecule has 1 aliphatic heterocycles. The lowest BCUT2D eigenvalue weighted by atomic mass is 10.0. The summed E-state index contributed by atoms with van der Waals surface area (Å²) in [6.45, 7) is 4.85. The Bertz CT molecular complexity index is 2420. The summed E-state index contributed by atoms with van der Waals surface area (Å²) < 4.78 is 0. The van der Waals surface area contributed by atoms with Crippen LogP contribution in [0.4, 0.5) is 34.1 Å². The molecular formula is C50H42N2Si. The van der Waals surface area contributed by atoms with Gasteiger partial charge in [0.15, 0.2) is 0 Å². The van der Waals surface area contributed by atoms with Crippen molar-refractivity contribution in [1.82, 2.24) is 0 Å². The Kier molecular flexibility index (Phi) is 8.50. The standard InChI is InChI=1S/C50H42N2Si/c1-3-53(4-2)49-33-17-31-47(51(39-23-7-5-8-24-39)45-29-15-21-37-19-11-13-27-41(37)45)43(49)35-36-44-48(32-18-34-50(44)53)52(40-25-9-6-10-26-40)46-30-16-22-38-20-12-14-28-42(38)46/h5-36H,3-4H2,1-2H3. The second kappa shape index (κ2) is 13.8. The summed E-state index contributed by atoms with van der Waals surface area (Å²) in [6.07, 6.45) is 4.86. The zero-order valence-electron chi connectivity index (χ0n) is 30.3. The molecule has 3 heteroatoms. The van der Waals surface area contributed by atoms with Gasteiger partial charge in [-0.15, -0.1) is 0 Å². The molecule has 2 nitrogen and oxygen atoms in total. The Labute approximate surface area is 313 Å². The van der Waals surface area contributed by atoms with Crippen molar-refractivity contribution in [2.24, 2.45) is 0 Å². The molecule has 0 saturated heterocycles. The van der Waals surface area contributed by atoms with Gasteiger partial charge in [0.25, 0.3) is 0 Å². The van der Waals surface area contributed by atoms with Crippen LogP contribution in [0.25, 0.3) is 33.7 Å². The van der Waals surface area contributed by atoms with E-state index < -0.39 is 8.07 Å². The van der Waals surface area contributed by atoms with Crippen LogP contribution in [-0.4, -0.2) is 8.07 Å². The van der Waals surface area contributed by atoms with Gasteiger partial charge in [0, 0.05) is 22.1 Å². The summed E-state index contributed by atoms with van der Waals surface area (Å²) >= 11 is 0. The second-order valence-electron chi connectivity index (χ2n) is 13.9. The number of nitrogens with zero attached hydrogens (tertiary/aromatic N) is 2. The van der Waals surface area contributed by atoms with E-state index in [-0.39, 0.29) is 0 Å². The van der Waals surface area contributed by atoms with E-state index in [9.17, 15) is 0 Å². The molecule has 0 fully saturated rings. The van der Waals surface area contributed by atoms with Crippen LogP contribution in [0.2, 0.25) is 12.1 Å². The van der Waals surface area contributed by atoms with Crippen LogP contribution in [-0.2, 0) is 0 Å². The average Bonchev–Trinajstić information content (AvgIpc) is 3.37. The maximum atomic E-state index is 2.49. The van der Waals surface area contributed by atoms with Crippen molar-refractivity contribution in [3.63, 3.8) is 0 Å². The molecule has 0 amide bonds. The highest BCUT2D eigenvalue weighted by Crippen LogP contribution is 2.44. The molecule has 0 spiro atoms. The summed E-state index contributed by atoms with van der Waals surface area (Å²) in [4.78, 5) is 4.97. The minimum Gasteiger partial charge on any atom is -0.309 e. The number of hydrogen-bond acceptors (Lipinski definition) is 2. The molecule has 9 rings (SSSR count). The van der Waals surface area contributed by atoms with E-state index in [0.717, 1.165) is 23.5 Å². The molecule has 1 aliphatic rings. The topological polar surface area (TPSA) is 6.48 Å². The molecule has 0 bridgehead atoms. The molecule has 53 heavy (non-hydrogen) atoms. The summed E-state index contributed by atoms with van der Waals surface area (Å²) in [6, 6.07) is 69.0. The van der Waals surface area contributed by atoms with Gasteiger partial charge in [-0.25, -0.2) is 0 Å². The van der Waals surface area contributed by atoms with Crippen molar-refractivity contribution in [3.05, 3.63) is 193 Å². The van der Waals surface area contributed by atoms with Gasteiger partial charge in [-0.1, -0.05) is 172 Å². The lowest BCUT2D eigenvalue weighted by molar-refractivity contribution is 1.26. The van der Waals surface area contributed by atoms with Gasteiger partial charge in [-0.05, 0) is 80.8 Å². The predicted molar refractivity (Wildman–Crippen MR) is 232 cm³/mol. The third-order valence-electron chi connectivity index (χ3n) is 11.3. The van der Waals surface area contributed by atoms with Gasteiger partial charge in [0.2, 0.25) is 0 Å². The van der Waals surface area contributed by atoms with Gasteiger partial charge in [0.05, 0.1) is 22.7 Å². The smallest absolute Gasteiger partial charge is 0.119 e. The van der Waals surface area contributed by atoms with Gasteiger partial charge in [-0.3, -0.25) is 0 Å². The monoisotopic (exact) mass is 698 g/mol. The SMILES string of the molecule is CC[Si]1(CC)c2cccc(N(c3ccccc3)c3cccc4ccccc34)c2C=Cc2c(N(c3ccccc3)c3cccc4ccccc34)cccc21. The summed E-state index contributed by atoms with van der Waals surface area (Å²) in [7, 11) is -2.30. The molecule has 0 aromatic heterocycles. The Morgan fingerprint density at radius 1 is 0.358 bits per heavy atom. The Balaban J connectivity index is 1.32. The van der Waals surface area contributed by atoms with Gasteiger partial charge >= 0.3 is 0 Å². The third-order valence-corrected chi connectivity index (χ3v) is 16.7. The fourth-order valence-corrected chi connectivity index (χ4v) is 13.4. The number of para-hydroxylation sites is 2. The number of anilines is 6. The molecule has 1 heterocycles. The molecule has 256 valence electrons. The van der Waals surface area contributed by atoms with E-state index in [2.05, 4.69) is 218 Å². The average molecular weight is 699 g/mol. The molecule has 8 aromatic rings. The van der Waals surface area contributed by atoms with Crippen molar-refractivity contribution < 1.29 is 0 Å². The molecule has 8 aromatic carbocycles. The van der Waals surface area contributed by atoms with Crippen molar-refractivity contribution in [3.8, 4) is 0 Å². The van der Waals surface area contributed by atoms with Gasteiger partial charge < -0.3 is 9.80 Å². The first-order valence-corrected chi connectivity index (χ1v) is 21.2. The second-order valence-corrected chi connectivity index (χ2v) is 18.6. The lowest BCUT2D eigenvalue weighted by Gasteiger charge is -2.36. The lowest BCUT2D eigenvalue weighted by Crippen LogP contribution is -2.58. The van der Waals surface area contributed by atoms with Crippen LogP contribution >= 0.6 is 0 Å². The van der Waals surface area contributed by atoms with E-state index in [0.29, 0.717) is 0 Å². The van der Waals surface area contributed by atoms with Crippen molar-refractivity contribution >= 4 is 86.3 Å². The zero-order valence-corrected chi connectivity index (χ0v) is 31.3. The highest BCUT2D eigenvalue weighted by molar-refractivity contribution is 7.03. The first kappa shape index (κ1) is 32.7. The van der Waals surface area contributed by atoms with Crippen LogP contribution < -0.4 is 20.2 Å². The maximum absolute atomic E-state index is 2.49. The Morgan fingerprint density at radius 3 is 1.15 bits per heavy atom. The number of rotatable bonds is 8. The molecule has 0 saturated carbocycles. The zero-order chi connectivity index (χ0) is 35.8. The van der Waals surface area contributed by atoms with E-state index in [1.165, 1.54) is 65.8 Å². The highest BCUT2D eigenvalue weighted by atomic mass is 28.3. The minimum atomic E-state index is -2.30. The molecule has 0 atom stereocenters. The van der Waals surface area contributed by atoms with Crippen LogP contribution in [0.5, 0.6) is 0 Å². The van der Waals surface area contributed by atoms with Gasteiger partial charge in [-0.2, -0.15) is 0 Å². The quantitative estimate of drug-likeness (QED) is 0.146. The Morgan fingerprint density at radius 2 is 0.717 bits per heavy atom. The highest BCUT2D eigenvalue weighted by Gasteiger charge is 2.40. The molecule has 0 unspecified atom stereocenters. The maximum Gasteiger partial charge on any atom is 0.119 e. The van der Waals surface area contributed by atoms with Crippen molar-refractivity contribution in [2.45, 2.75) is 25.9 Å². The van der Waals surface area contributed by atoms with Crippen molar-refractivity contribution in [1.29, 1.82) is 0 Å². The number of benzene rings is 8. The summed E-state index contributed by atoms with van der Waals surface area (Å²) in [5, 5.41) is 7.96. The number of hydrogen-bond donors (Lipinski definition) is 0. The summed E-state index contributed by atoms with van der Waals surface area (Å²) in [5.74, 6) is 0. The van der Waals surface area contributed by atoms with E-state index in [1.807, 2.05) is 0 Å². The Hall–Kier alpha value is -6.16. The molecule has 0 aliphatic carbocycles. The fraction of sp³-hybridized carbons (Fsp3) is 0.0800. The normalized spacial score (nSPS) is 12.9. The van der Waals surface area contributed by atoms with E-state index in [1.54, 1.807) is 0 Å². The van der Waals surface area contributed by atoms with Crippen LogP contribution in [0.15, 0.2) is 182 Å². The predicted octanol–water partition coefficient (Wildman–Crippen LogP) is 13.0. The first-order chi connectivity index (χ1) is 26.2. The minimum absolute atomic E-state index is 1.11. The first-order valence-electron chi connectivity index (χ1n) is 18.8. The number of fused-ring (bicyclic) bond motifs is 4. The van der Waals surface area contributed by atoms with Crippen LogP contribution in [0.1, 0.15) is 25.0 Å². The van der Waals surface area contributed by atoms with Crippen LogP contribution in [0, 0.1) is 0 Å². The van der Waals surface area contributed by atoms with Gasteiger partial charge in [0.1, 0.15) is 8.07 Å². The fourth-order valence-electron chi connectivity index (χ4n) is 8.78.